The van der Waals surface area contributed by atoms with Crippen LogP contribution in [-0.2, 0) is 4.74 Å². The van der Waals surface area contributed by atoms with Gasteiger partial charge in [-0.25, -0.2) is 0 Å². The van der Waals surface area contributed by atoms with Crippen molar-refractivity contribution in [3.63, 3.8) is 0 Å². The topological polar surface area (TPSA) is 75.5 Å². The van der Waals surface area contributed by atoms with E-state index in [1.54, 1.807) is 11.3 Å². The minimum absolute atomic E-state index is 0.0794. The Kier molecular flexibility index (Phi) is 7.08. The first-order valence-corrected chi connectivity index (χ1v) is 14.1. The molecule has 0 spiro atoms. The van der Waals surface area contributed by atoms with E-state index >= 15 is 0 Å². The van der Waals surface area contributed by atoms with Crippen LogP contribution >= 0.6 is 11.3 Å². The molecule has 0 saturated carbocycles. The average molecular weight is 524 g/mol. The summed E-state index contributed by atoms with van der Waals surface area (Å²) in [6.45, 7) is 3.08. The molecule has 4 aromatic rings. The standard InChI is InChI=1S/C31H29N3O3S/c32-20-24-18-23(8-9-28(24)37-25-11-16-36-17-12-25)26-10-13-33-27-19-29(38-30(26)27)21-4-6-22(7-5-21)31(35)34-14-2-1-3-15-34/h4-10,13,18-19,25H,1-3,11-12,14-17H2. The predicted molar refractivity (Wildman–Crippen MR) is 149 cm³/mol. The highest BCUT2D eigenvalue weighted by molar-refractivity contribution is 7.22. The van der Waals surface area contributed by atoms with Crippen molar-refractivity contribution in [3.8, 4) is 33.4 Å². The number of pyridine rings is 1. The van der Waals surface area contributed by atoms with Gasteiger partial charge in [-0.2, -0.15) is 5.26 Å². The molecule has 6 rings (SSSR count). The van der Waals surface area contributed by atoms with Crippen LogP contribution in [0.15, 0.2) is 60.8 Å². The molecule has 7 heteroatoms. The van der Waals surface area contributed by atoms with Crippen LogP contribution in [0.2, 0.25) is 0 Å². The van der Waals surface area contributed by atoms with E-state index in [9.17, 15) is 10.1 Å². The van der Waals surface area contributed by atoms with Gasteiger partial charge in [-0.05, 0) is 66.8 Å². The Morgan fingerprint density at radius 1 is 1.00 bits per heavy atom. The first kappa shape index (κ1) is 24.6. The second kappa shape index (κ2) is 10.9. The number of aromatic nitrogens is 1. The SMILES string of the molecule is N#Cc1cc(-c2ccnc3cc(-c4ccc(C(=O)N5CCCCC5)cc4)sc23)ccc1OC1CCOCC1. The maximum Gasteiger partial charge on any atom is 0.253 e. The van der Waals surface area contributed by atoms with E-state index in [1.807, 2.05) is 59.6 Å². The van der Waals surface area contributed by atoms with Crippen molar-refractivity contribution in [2.45, 2.75) is 38.2 Å². The van der Waals surface area contributed by atoms with Gasteiger partial charge in [-0.15, -0.1) is 11.3 Å². The molecule has 2 aromatic heterocycles. The van der Waals surface area contributed by atoms with Gasteiger partial charge in [0.25, 0.3) is 5.91 Å². The van der Waals surface area contributed by atoms with Crippen molar-refractivity contribution >= 4 is 27.5 Å². The van der Waals surface area contributed by atoms with Crippen molar-refractivity contribution in [1.29, 1.82) is 5.26 Å². The molecule has 2 aliphatic rings. The van der Waals surface area contributed by atoms with Crippen LogP contribution in [0.4, 0.5) is 0 Å². The number of thiophene rings is 1. The van der Waals surface area contributed by atoms with E-state index in [0.717, 1.165) is 76.1 Å². The van der Waals surface area contributed by atoms with Gasteiger partial charge in [0.2, 0.25) is 0 Å². The smallest absolute Gasteiger partial charge is 0.253 e. The highest BCUT2D eigenvalue weighted by atomic mass is 32.1. The second-order valence-corrected chi connectivity index (χ2v) is 10.9. The summed E-state index contributed by atoms with van der Waals surface area (Å²) in [5.74, 6) is 0.744. The first-order chi connectivity index (χ1) is 18.7. The van der Waals surface area contributed by atoms with Crippen molar-refractivity contribution < 1.29 is 14.3 Å². The highest BCUT2D eigenvalue weighted by Crippen LogP contribution is 2.39. The molecule has 6 nitrogen and oxygen atoms in total. The van der Waals surface area contributed by atoms with Gasteiger partial charge in [0, 0.05) is 48.1 Å². The molecule has 38 heavy (non-hydrogen) atoms. The molecule has 2 fully saturated rings. The zero-order valence-electron chi connectivity index (χ0n) is 21.2. The van der Waals surface area contributed by atoms with Gasteiger partial charge in [-0.3, -0.25) is 9.78 Å². The number of ether oxygens (including phenoxy) is 2. The quantitative estimate of drug-likeness (QED) is 0.291. The molecular weight excluding hydrogens is 494 g/mol. The summed E-state index contributed by atoms with van der Waals surface area (Å²) in [6.07, 6.45) is 6.94. The fraction of sp³-hybridized carbons (Fsp3) is 0.323. The molecule has 2 saturated heterocycles. The van der Waals surface area contributed by atoms with Crippen molar-refractivity contribution in [1.82, 2.24) is 9.88 Å². The van der Waals surface area contributed by atoms with Gasteiger partial charge in [0.15, 0.2) is 0 Å². The molecule has 0 atom stereocenters. The van der Waals surface area contributed by atoms with E-state index < -0.39 is 0 Å². The van der Waals surface area contributed by atoms with Gasteiger partial charge in [0.1, 0.15) is 17.9 Å². The first-order valence-electron chi connectivity index (χ1n) is 13.3. The number of piperidine rings is 1. The third kappa shape index (κ3) is 5.02. The number of benzene rings is 2. The number of likely N-dealkylation sites (tertiary alicyclic amines) is 1. The molecular formula is C31H29N3O3S. The van der Waals surface area contributed by atoms with E-state index in [4.69, 9.17) is 9.47 Å². The van der Waals surface area contributed by atoms with Crippen LogP contribution in [0, 0.1) is 11.3 Å². The van der Waals surface area contributed by atoms with Crippen molar-refractivity contribution in [2.75, 3.05) is 26.3 Å². The minimum atomic E-state index is 0.0794. The van der Waals surface area contributed by atoms with Gasteiger partial charge < -0.3 is 14.4 Å². The van der Waals surface area contributed by atoms with Gasteiger partial charge >= 0.3 is 0 Å². The monoisotopic (exact) mass is 523 g/mol. The van der Waals surface area contributed by atoms with Crippen LogP contribution in [0.1, 0.15) is 48.0 Å². The molecule has 0 unspecified atom stereocenters. The Bertz CT molecular complexity index is 1490. The van der Waals surface area contributed by atoms with E-state index in [1.165, 1.54) is 6.42 Å². The molecule has 0 radical (unpaired) electrons. The molecule has 2 aliphatic heterocycles. The molecule has 0 aliphatic carbocycles. The second-order valence-electron chi connectivity index (χ2n) is 9.87. The molecule has 0 N–H and O–H groups in total. The maximum atomic E-state index is 12.9. The van der Waals surface area contributed by atoms with Gasteiger partial charge in [-0.1, -0.05) is 18.2 Å². The van der Waals surface area contributed by atoms with Crippen molar-refractivity contribution in [2.24, 2.45) is 0 Å². The largest absolute Gasteiger partial charge is 0.489 e. The molecule has 192 valence electrons. The lowest BCUT2D eigenvalue weighted by atomic mass is 10.0. The number of nitriles is 1. The van der Waals surface area contributed by atoms with E-state index in [2.05, 4.69) is 17.1 Å². The summed E-state index contributed by atoms with van der Waals surface area (Å²) in [7, 11) is 0. The van der Waals surface area contributed by atoms with Gasteiger partial charge in [0.05, 0.1) is 29.0 Å². The summed E-state index contributed by atoms with van der Waals surface area (Å²) >= 11 is 1.67. The molecule has 4 heterocycles. The fourth-order valence-electron chi connectivity index (χ4n) is 5.23. The lowest BCUT2D eigenvalue weighted by Gasteiger charge is -2.26. The summed E-state index contributed by atoms with van der Waals surface area (Å²) in [5, 5.41) is 9.84. The molecule has 0 bridgehead atoms. The van der Waals surface area contributed by atoms with Crippen LogP contribution in [0.3, 0.4) is 0 Å². The van der Waals surface area contributed by atoms with Crippen LogP contribution in [0.25, 0.3) is 31.8 Å². The Labute approximate surface area is 226 Å². The zero-order valence-corrected chi connectivity index (χ0v) is 22.0. The Hall–Kier alpha value is -3.73. The summed E-state index contributed by atoms with van der Waals surface area (Å²) in [6, 6.07) is 20.2. The Balaban J connectivity index is 1.27. The number of hydrogen-bond donors (Lipinski definition) is 0. The Morgan fingerprint density at radius 2 is 1.76 bits per heavy atom. The van der Waals surface area contributed by atoms with Crippen LogP contribution in [-0.4, -0.2) is 48.2 Å². The zero-order chi connectivity index (χ0) is 25.9. The summed E-state index contributed by atoms with van der Waals surface area (Å²) < 4.78 is 12.6. The Morgan fingerprint density at radius 3 is 2.53 bits per heavy atom. The average Bonchev–Trinajstić information content (AvgIpc) is 3.43. The van der Waals surface area contributed by atoms with Crippen LogP contribution < -0.4 is 4.74 Å². The summed E-state index contributed by atoms with van der Waals surface area (Å²) in [4.78, 5) is 20.5. The van der Waals surface area contributed by atoms with Crippen LogP contribution in [0.5, 0.6) is 5.75 Å². The number of hydrogen-bond acceptors (Lipinski definition) is 6. The molecule has 1 amide bonds. The van der Waals surface area contributed by atoms with E-state index in [-0.39, 0.29) is 12.0 Å². The third-order valence-corrected chi connectivity index (χ3v) is 8.55. The number of fused-ring (bicyclic) bond motifs is 1. The van der Waals surface area contributed by atoms with E-state index in [0.29, 0.717) is 24.5 Å². The minimum Gasteiger partial charge on any atom is -0.489 e. The fourth-order valence-corrected chi connectivity index (χ4v) is 6.38. The number of carbonyl (C=O) groups is 1. The number of rotatable bonds is 5. The number of amides is 1. The maximum absolute atomic E-state index is 12.9. The third-order valence-electron chi connectivity index (χ3n) is 7.34. The lowest BCUT2D eigenvalue weighted by molar-refractivity contribution is 0.0254. The summed E-state index contributed by atoms with van der Waals surface area (Å²) in [5.41, 5.74) is 5.25. The molecule has 2 aromatic carbocycles. The predicted octanol–water partition coefficient (Wildman–Crippen LogP) is 6.69. The number of carbonyl (C=O) groups excluding carboxylic acids is 1. The normalized spacial score (nSPS) is 16.3. The number of nitrogens with zero attached hydrogens (tertiary/aromatic N) is 3. The highest BCUT2D eigenvalue weighted by Gasteiger charge is 2.20. The van der Waals surface area contributed by atoms with Crippen molar-refractivity contribution in [3.05, 3.63) is 71.9 Å². The lowest BCUT2D eigenvalue weighted by Crippen LogP contribution is -2.35.